The minimum absolute atomic E-state index is 0.204. The van der Waals surface area contributed by atoms with Gasteiger partial charge in [-0.1, -0.05) is 36.4 Å². The number of anilines is 2. The molecule has 0 aliphatic heterocycles. The van der Waals surface area contributed by atoms with Gasteiger partial charge in [0.15, 0.2) is 11.6 Å². The van der Waals surface area contributed by atoms with E-state index in [2.05, 4.69) is 20.5 Å². The molecule has 5 rings (SSSR count). The zero-order valence-electron chi connectivity index (χ0n) is 18.8. The van der Waals surface area contributed by atoms with Gasteiger partial charge in [0.1, 0.15) is 5.82 Å². The van der Waals surface area contributed by atoms with Crippen LogP contribution in [0.4, 0.5) is 16.4 Å². The molecule has 10 heteroatoms. The second kappa shape index (κ2) is 9.56. The summed E-state index contributed by atoms with van der Waals surface area (Å²) in [5.41, 5.74) is 15.1. The van der Waals surface area contributed by atoms with E-state index in [-0.39, 0.29) is 18.1 Å². The third-order valence-corrected chi connectivity index (χ3v) is 5.60. The summed E-state index contributed by atoms with van der Waals surface area (Å²) >= 11 is 0. The fourth-order valence-electron chi connectivity index (χ4n) is 3.76. The van der Waals surface area contributed by atoms with Crippen LogP contribution >= 0.6 is 0 Å². The smallest absolute Gasteiger partial charge is 0.405 e. The Kier molecular flexibility index (Phi) is 6.00. The van der Waals surface area contributed by atoms with Crippen molar-refractivity contribution in [2.24, 2.45) is 0 Å². The molecule has 1 amide bonds. The summed E-state index contributed by atoms with van der Waals surface area (Å²) in [7, 11) is 0. The highest BCUT2D eigenvalue weighted by atomic mass is 16.6. The van der Waals surface area contributed by atoms with E-state index in [0.717, 1.165) is 27.5 Å². The van der Waals surface area contributed by atoms with Crippen LogP contribution in [0.15, 0.2) is 79.4 Å². The number of rotatable bonds is 7. The van der Waals surface area contributed by atoms with Gasteiger partial charge in [0.25, 0.3) is 0 Å². The van der Waals surface area contributed by atoms with E-state index in [1.54, 1.807) is 17.1 Å². The quantitative estimate of drug-likeness (QED) is 0.333. The lowest BCUT2D eigenvalue weighted by Crippen LogP contribution is -2.26. The molecule has 2 aromatic carbocycles. The number of hydrogen-bond donors (Lipinski definition) is 3. The number of nitrogens with one attached hydrogen (secondary N) is 1. The van der Waals surface area contributed by atoms with Crippen molar-refractivity contribution >= 4 is 28.5 Å². The van der Waals surface area contributed by atoms with Crippen LogP contribution in [0, 0.1) is 0 Å². The Morgan fingerprint density at radius 1 is 0.943 bits per heavy atom. The van der Waals surface area contributed by atoms with Crippen molar-refractivity contribution in [3.05, 3.63) is 96.1 Å². The number of pyridine rings is 1. The molecule has 0 unspecified atom stereocenters. The molecule has 5 aromatic rings. The van der Waals surface area contributed by atoms with Crippen LogP contribution in [0.1, 0.15) is 16.7 Å². The SMILES string of the molecule is Nc1nccc2cc(CNC(=O)Oc3cnn(Cc4ccc(Cn5cccn5)cc4)c3N)ccc12. The molecule has 0 spiro atoms. The standard InChI is InChI=1S/C25H24N8O2/c26-23-21-7-6-19(12-20(21)8-10-28-23)13-29-25(34)35-22-14-31-33(24(22)27)16-18-4-2-17(3-5-18)15-32-11-1-9-30-32/h1-12,14H,13,15-16,27H2,(H2,26,28)(H,29,34). The predicted molar refractivity (Wildman–Crippen MR) is 133 cm³/mol. The number of carbonyl (C=O) groups excluding carboxylic acids is 1. The van der Waals surface area contributed by atoms with Crippen LogP contribution in [0.2, 0.25) is 0 Å². The maximum atomic E-state index is 12.3. The Morgan fingerprint density at radius 3 is 2.49 bits per heavy atom. The highest BCUT2D eigenvalue weighted by Gasteiger charge is 2.13. The molecule has 3 aromatic heterocycles. The number of nitrogens with two attached hydrogens (primary N) is 2. The van der Waals surface area contributed by atoms with Gasteiger partial charge in [-0.2, -0.15) is 10.2 Å². The van der Waals surface area contributed by atoms with Crippen molar-refractivity contribution in [2.45, 2.75) is 19.6 Å². The molecule has 0 atom stereocenters. The van der Waals surface area contributed by atoms with Gasteiger partial charge in [-0.25, -0.2) is 14.5 Å². The maximum Gasteiger partial charge on any atom is 0.413 e. The summed E-state index contributed by atoms with van der Waals surface area (Å²) in [5.74, 6) is 0.948. The van der Waals surface area contributed by atoms with Crippen LogP contribution in [-0.4, -0.2) is 30.6 Å². The van der Waals surface area contributed by atoms with Gasteiger partial charge >= 0.3 is 6.09 Å². The number of aromatic nitrogens is 5. The first-order valence-corrected chi connectivity index (χ1v) is 11.0. The Morgan fingerprint density at radius 2 is 1.71 bits per heavy atom. The second-order valence-corrected chi connectivity index (χ2v) is 8.07. The van der Waals surface area contributed by atoms with E-state index in [4.69, 9.17) is 16.2 Å². The first-order chi connectivity index (χ1) is 17.0. The van der Waals surface area contributed by atoms with Gasteiger partial charge in [-0.05, 0) is 40.3 Å². The Hall–Kier alpha value is -4.86. The number of amides is 1. The highest BCUT2D eigenvalue weighted by molar-refractivity contribution is 5.91. The zero-order chi connectivity index (χ0) is 24.2. The van der Waals surface area contributed by atoms with Crippen molar-refractivity contribution in [3.63, 3.8) is 0 Å². The number of fused-ring (bicyclic) bond motifs is 1. The number of ether oxygens (including phenoxy) is 1. The molecule has 0 fully saturated rings. The normalized spacial score (nSPS) is 11.0. The molecule has 3 heterocycles. The largest absolute Gasteiger partial charge is 0.413 e. The van der Waals surface area contributed by atoms with Crippen molar-refractivity contribution in [1.29, 1.82) is 0 Å². The minimum Gasteiger partial charge on any atom is -0.405 e. The van der Waals surface area contributed by atoms with Crippen LogP contribution < -0.4 is 21.5 Å². The van der Waals surface area contributed by atoms with E-state index < -0.39 is 6.09 Å². The molecule has 5 N–H and O–H groups in total. The summed E-state index contributed by atoms with van der Waals surface area (Å²) in [4.78, 5) is 16.4. The van der Waals surface area contributed by atoms with Crippen LogP contribution in [0.25, 0.3) is 10.8 Å². The van der Waals surface area contributed by atoms with Crippen molar-refractivity contribution in [2.75, 3.05) is 11.5 Å². The lowest BCUT2D eigenvalue weighted by Gasteiger charge is -2.09. The third-order valence-electron chi connectivity index (χ3n) is 5.60. The fraction of sp³-hybridized carbons (Fsp3) is 0.120. The van der Waals surface area contributed by atoms with Gasteiger partial charge in [0, 0.05) is 30.5 Å². The molecule has 176 valence electrons. The summed E-state index contributed by atoms with van der Waals surface area (Å²) in [6, 6.07) is 17.6. The molecule has 10 nitrogen and oxygen atoms in total. The molecular weight excluding hydrogens is 444 g/mol. The Labute approximate surface area is 201 Å². The summed E-state index contributed by atoms with van der Waals surface area (Å²) in [6.07, 6.45) is 6.15. The summed E-state index contributed by atoms with van der Waals surface area (Å²) in [5, 5.41) is 13.0. The van der Waals surface area contributed by atoms with Gasteiger partial charge in [0.05, 0.1) is 19.3 Å². The van der Waals surface area contributed by atoms with Crippen LogP contribution in [-0.2, 0) is 19.6 Å². The van der Waals surface area contributed by atoms with Gasteiger partial charge < -0.3 is 21.5 Å². The minimum atomic E-state index is -0.617. The molecule has 0 saturated carbocycles. The van der Waals surface area contributed by atoms with Crippen molar-refractivity contribution < 1.29 is 9.53 Å². The number of nitrogen functional groups attached to an aromatic ring is 2. The fourth-order valence-corrected chi connectivity index (χ4v) is 3.76. The molecule has 0 aliphatic rings. The average molecular weight is 469 g/mol. The van der Waals surface area contributed by atoms with E-state index in [1.807, 2.05) is 65.5 Å². The molecule has 0 aliphatic carbocycles. The first-order valence-electron chi connectivity index (χ1n) is 11.0. The highest BCUT2D eigenvalue weighted by Crippen LogP contribution is 2.22. The Bertz CT molecular complexity index is 1460. The van der Waals surface area contributed by atoms with E-state index in [0.29, 0.717) is 18.9 Å². The lowest BCUT2D eigenvalue weighted by atomic mass is 10.1. The molecule has 0 radical (unpaired) electrons. The predicted octanol–water partition coefficient (Wildman–Crippen LogP) is 3.18. The van der Waals surface area contributed by atoms with Gasteiger partial charge in [-0.3, -0.25) is 4.68 Å². The van der Waals surface area contributed by atoms with Crippen LogP contribution in [0.5, 0.6) is 5.75 Å². The molecular formula is C25H24N8O2. The van der Waals surface area contributed by atoms with E-state index >= 15 is 0 Å². The lowest BCUT2D eigenvalue weighted by molar-refractivity contribution is 0.200. The molecule has 0 saturated heterocycles. The molecule has 0 bridgehead atoms. The summed E-state index contributed by atoms with van der Waals surface area (Å²) in [6.45, 7) is 1.44. The number of nitrogens with zero attached hydrogens (tertiary/aromatic N) is 5. The molecule has 35 heavy (non-hydrogen) atoms. The van der Waals surface area contributed by atoms with Gasteiger partial charge in [0.2, 0.25) is 0 Å². The van der Waals surface area contributed by atoms with Crippen molar-refractivity contribution in [3.8, 4) is 5.75 Å². The third kappa shape index (κ3) is 5.06. The zero-order valence-corrected chi connectivity index (χ0v) is 18.8. The number of carbonyl (C=O) groups is 1. The van der Waals surface area contributed by atoms with E-state index in [9.17, 15) is 4.79 Å². The summed E-state index contributed by atoms with van der Waals surface area (Å²) < 4.78 is 8.83. The Balaban J connectivity index is 1.17. The topological polar surface area (TPSA) is 139 Å². The average Bonchev–Trinajstić information content (AvgIpc) is 3.49. The van der Waals surface area contributed by atoms with Gasteiger partial charge in [-0.15, -0.1) is 0 Å². The first kappa shape index (κ1) is 22.0. The number of benzene rings is 2. The van der Waals surface area contributed by atoms with Crippen molar-refractivity contribution in [1.82, 2.24) is 29.9 Å². The second-order valence-electron chi connectivity index (χ2n) is 8.07. The van der Waals surface area contributed by atoms with E-state index in [1.165, 1.54) is 6.20 Å². The van der Waals surface area contributed by atoms with Crippen LogP contribution in [0.3, 0.4) is 0 Å². The monoisotopic (exact) mass is 468 g/mol. The number of hydrogen-bond acceptors (Lipinski definition) is 7. The maximum absolute atomic E-state index is 12.3.